The molecule has 0 atom stereocenters. The highest BCUT2D eigenvalue weighted by Crippen LogP contribution is 2.28. The molecule has 1 aromatic rings. The fraction of sp³-hybridized carbons (Fsp3) is 0.333. The average Bonchev–Trinajstić information content (AvgIpc) is 2.34. The number of alkyl halides is 3. The van der Waals surface area contributed by atoms with E-state index in [0.717, 1.165) is 12.1 Å². The van der Waals surface area contributed by atoms with E-state index in [1.54, 1.807) is 6.92 Å². The first kappa shape index (κ1) is 14.2. The van der Waals surface area contributed by atoms with Crippen molar-refractivity contribution in [3.63, 3.8) is 0 Å². The predicted octanol–water partition coefficient (Wildman–Crippen LogP) is 2.85. The highest BCUT2D eigenvalue weighted by molar-refractivity contribution is 5.87. The number of aryl methyl sites for hydroxylation is 1. The van der Waals surface area contributed by atoms with Crippen molar-refractivity contribution >= 4 is 12.0 Å². The Morgan fingerprint density at radius 2 is 2.11 bits per heavy atom. The number of hydrogen-bond donors (Lipinski definition) is 0. The number of methoxy groups -OCH3 is 1. The van der Waals surface area contributed by atoms with Gasteiger partial charge in [-0.15, -0.1) is 0 Å². The van der Waals surface area contributed by atoms with Crippen LogP contribution < -0.4 is 0 Å². The molecule has 0 amide bonds. The summed E-state index contributed by atoms with van der Waals surface area (Å²) in [5.41, 5.74) is -0.185. The third kappa shape index (κ3) is 3.58. The molecule has 18 heavy (non-hydrogen) atoms. The summed E-state index contributed by atoms with van der Waals surface area (Å²) in [5.74, 6) is -0.572. The Morgan fingerprint density at radius 1 is 1.44 bits per heavy atom. The van der Waals surface area contributed by atoms with Gasteiger partial charge in [0.25, 0.3) is 0 Å². The summed E-state index contributed by atoms with van der Waals surface area (Å²) >= 11 is 0. The van der Waals surface area contributed by atoms with Crippen molar-refractivity contribution in [2.45, 2.75) is 19.5 Å². The van der Waals surface area contributed by atoms with Crippen LogP contribution in [0.15, 0.2) is 18.2 Å². The standard InChI is InChI=1S/C12H12F3NO2/c1-3-9-8(5-7-11(17)18-2)4-6-10(16-9)12(13,14)15/h4-7H,3H2,1-2H3. The monoisotopic (exact) mass is 259 g/mol. The van der Waals surface area contributed by atoms with Crippen LogP contribution in [0.25, 0.3) is 6.08 Å². The van der Waals surface area contributed by atoms with E-state index in [-0.39, 0.29) is 5.69 Å². The molecule has 1 rings (SSSR count). The van der Waals surface area contributed by atoms with Crippen molar-refractivity contribution in [1.29, 1.82) is 0 Å². The minimum Gasteiger partial charge on any atom is -0.466 e. The van der Waals surface area contributed by atoms with Crippen LogP contribution in [0.2, 0.25) is 0 Å². The lowest BCUT2D eigenvalue weighted by molar-refractivity contribution is -0.141. The maximum atomic E-state index is 12.4. The van der Waals surface area contributed by atoms with Crippen molar-refractivity contribution in [3.05, 3.63) is 35.2 Å². The first-order chi connectivity index (χ1) is 8.38. The van der Waals surface area contributed by atoms with Crippen LogP contribution in [0, 0.1) is 0 Å². The van der Waals surface area contributed by atoms with Gasteiger partial charge in [0.2, 0.25) is 0 Å². The van der Waals surface area contributed by atoms with E-state index in [2.05, 4.69) is 9.72 Å². The summed E-state index contributed by atoms with van der Waals surface area (Å²) in [7, 11) is 1.22. The van der Waals surface area contributed by atoms with Gasteiger partial charge in [0.1, 0.15) is 5.69 Å². The van der Waals surface area contributed by atoms with Crippen LogP contribution in [0.5, 0.6) is 0 Å². The fourth-order valence-corrected chi connectivity index (χ4v) is 1.33. The Morgan fingerprint density at radius 3 is 2.61 bits per heavy atom. The summed E-state index contributed by atoms with van der Waals surface area (Å²) in [6.07, 6.45) is -1.60. The largest absolute Gasteiger partial charge is 0.466 e. The Hall–Kier alpha value is -1.85. The number of nitrogens with zero attached hydrogens (tertiary/aromatic N) is 1. The lowest BCUT2D eigenvalue weighted by atomic mass is 10.1. The topological polar surface area (TPSA) is 39.2 Å². The molecule has 0 radical (unpaired) electrons. The number of esters is 1. The lowest BCUT2D eigenvalue weighted by Crippen LogP contribution is -2.10. The lowest BCUT2D eigenvalue weighted by Gasteiger charge is -2.09. The maximum Gasteiger partial charge on any atom is 0.433 e. The fourth-order valence-electron chi connectivity index (χ4n) is 1.33. The molecular weight excluding hydrogens is 247 g/mol. The van der Waals surface area contributed by atoms with E-state index >= 15 is 0 Å². The number of carbonyl (C=O) groups excluding carboxylic acids is 1. The van der Waals surface area contributed by atoms with E-state index in [9.17, 15) is 18.0 Å². The first-order valence-corrected chi connectivity index (χ1v) is 5.21. The smallest absolute Gasteiger partial charge is 0.433 e. The molecule has 1 heterocycles. The third-order valence-corrected chi connectivity index (χ3v) is 2.23. The van der Waals surface area contributed by atoms with Crippen molar-refractivity contribution in [2.75, 3.05) is 7.11 Å². The van der Waals surface area contributed by atoms with Crippen LogP contribution >= 0.6 is 0 Å². The molecule has 0 saturated carbocycles. The van der Waals surface area contributed by atoms with Crippen molar-refractivity contribution in [2.24, 2.45) is 0 Å². The Labute approximate surface area is 102 Å². The van der Waals surface area contributed by atoms with Crippen LogP contribution in [-0.4, -0.2) is 18.1 Å². The molecule has 3 nitrogen and oxygen atoms in total. The molecule has 0 fully saturated rings. The Balaban J connectivity index is 3.08. The van der Waals surface area contributed by atoms with E-state index < -0.39 is 17.8 Å². The van der Waals surface area contributed by atoms with Crippen molar-refractivity contribution in [1.82, 2.24) is 4.98 Å². The van der Waals surface area contributed by atoms with Crippen LogP contribution in [0.1, 0.15) is 23.9 Å². The molecule has 1 aromatic heterocycles. The molecule has 0 spiro atoms. The number of carbonyl (C=O) groups is 1. The number of hydrogen-bond acceptors (Lipinski definition) is 3. The summed E-state index contributed by atoms with van der Waals surface area (Å²) in [4.78, 5) is 14.4. The average molecular weight is 259 g/mol. The minimum absolute atomic E-state index is 0.282. The van der Waals surface area contributed by atoms with Gasteiger partial charge in [0, 0.05) is 11.8 Å². The van der Waals surface area contributed by atoms with E-state index in [0.29, 0.717) is 12.0 Å². The summed E-state index contributed by atoms with van der Waals surface area (Å²) in [5, 5.41) is 0. The number of rotatable bonds is 3. The minimum atomic E-state index is -4.46. The van der Waals surface area contributed by atoms with E-state index in [1.807, 2.05) is 0 Å². The molecular formula is C12H12F3NO2. The van der Waals surface area contributed by atoms with Crippen molar-refractivity contribution in [3.8, 4) is 0 Å². The van der Waals surface area contributed by atoms with Gasteiger partial charge in [-0.3, -0.25) is 0 Å². The maximum absolute atomic E-state index is 12.4. The molecule has 6 heteroatoms. The van der Waals surface area contributed by atoms with E-state index in [4.69, 9.17) is 0 Å². The normalized spacial score (nSPS) is 11.8. The highest BCUT2D eigenvalue weighted by Gasteiger charge is 2.32. The molecule has 0 unspecified atom stereocenters. The first-order valence-electron chi connectivity index (χ1n) is 5.21. The summed E-state index contributed by atoms with van der Waals surface area (Å²) < 4.78 is 41.7. The quantitative estimate of drug-likeness (QED) is 0.619. The van der Waals surface area contributed by atoms with Gasteiger partial charge in [0.05, 0.1) is 7.11 Å². The molecule has 0 N–H and O–H groups in total. The second-order valence-electron chi connectivity index (χ2n) is 3.44. The van der Waals surface area contributed by atoms with Gasteiger partial charge in [-0.05, 0) is 24.1 Å². The number of halogens is 3. The van der Waals surface area contributed by atoms with Crippen LogP contribution in [-0.2, 0) is 22.1 Å². The zero-order valence-electron chi connectivity index (χ0n) is 9.91. The zero-order valence-corrected chi connectivity index (χ0v) is 9.91. The second-order valence-corrected chi connectivity index (χ2v) is 3.44. The Bertz CT molecular complexity index is 467. The molecule has 0 aliphatic heterocycles. The number of pyridine rings is 1. The van der Waals surface area contributed by atoms with Gasteiger partial charge in [0.15, 0.2) is 0 Å². The predicted molar refractivity (Wildman–Crippen MR) is 59.7 cm³/mol. The van der Waals surface area contributed by atoms with E-state index in [1.165, 1.54) is 19.3 Å². The van der Waals surface area contributed by atoms with Gasteiger partial charge >= 0.3 is 12.1 Å². The Kier molecular flexibility index (Phi) is 4.47. The van der Waals surface area contributed by atoms with Gasteiger partial charge in [-0.1, -0.05) is 13.0 Å². The van der Waals surface area contributed by atoms with Crippen LogP contribution in [0.3, 0.4) is 0 Å². The number of ether oxygens (including phenoxy) is 1. The van der Waals surface area contributed by atoms with Gasteiger partial charge in [-0.2, -0.15) is 13.2 Å². The summed E-state index contributed by atoms with van der Waals surface area (Å²) in [6.45, 7) is 1.69. The molecule has 98 valence electrons. The van der Waals surface area contributed by atoms with Crippen LogP contribution in [0.4, 0.5) is 13.2 Å². The van der Waals surface area contributed by atoms with Gasteiger partial charge in [-0.25, -0.2) is 9.78 Å². The number of aromatic nitrogens is 1. The molecule has 0 aliphatic carbocycles. The third-order valence-electron chi connectivity index (χ3n) is 2.23. The van der Waals surface area contributed by atoms with Crippen molar-refractivity contribution < 1.29 is 22.7 Å². The molecule has 0 bridgehead atoms. The van der Waals surface area contributed by atoms with Gasteiger partial charge < -0.3 is 4.74 Å². The SMILES string of the molecule is CCc1nc(C(F)(F)F)ccc1C=CC(=O)OC. The molecule has 0 aliphatic rings. The molecule has 0 saturated heterocycles. The molecule has 0 aromatic carbocycles. The second kappa shape index (κ2) is 5.66. The summed E-state index contributed by atoms with van der Waals surface area (Å²) in [6, 6.07) is 2.17. The zero-order chi connectivity index (χ0) is 13.8. The highest BCUT2D eigenvalue weighted by atomic mass is 19.4.